The monoisotopic (exact) mass is 302 g/mol. The van der Waals surface area contributed by atoms with Gasteiger partial charge in [0.25, 0.3) is 11.8 Å². The number of imide groups is 1. The van der Waals surface area contributed by atoms with E-state index in [4.69, 9.17) is 27.9 Å². The Morgan fingerprint density at radius 1 is 1.53 bits per heavy atom. The Hall–Kier alpha value is -1.17. The maximum absolute atomic E-state index is 12.3. The van der Waals surface area contributed by atoms with Crippen LogP contribution >= 0.6 is 23.2 Å². The molecule has 19 heavy (non-hydrogen) atoms. The van der Waals surface area contributed by atoms with E-state index in [9.17, 15) is 9.59 Å². The van der Waals surface area contributed by atoms with Gasteiger partial charge >= 0.3 is 0 Å². The van der Waals surface area contributed by atoms with Gasteiger partial charge in [0.05, 0.1) is 0 Å². The summed E-state index contributed by atoms with van der Waals surface area (Å²) < 4.78 is 5.63. The fourth-order valence-corrected chi connectivity index (χ4v) is 2.18. The molecular formula is C12H12Cl2N2O3. The first-order valence-corrected chi connectivity index (χ1v) is 6.45. The van der Waals surface area contributed by atoms with Gasteiger partial charge in [-0.15, -0.1) is 0 Å². The summed E-state index contributed by atoms with van der Waals surface area (Å²) in [7, 11) is 0. The zero-order chi connectivity index (χ0) is 14.2. The molecule has 2 amide bonds. The van der Waals surface area contributed by atoms with Crippen molar-refractivity contribution in [1.82, 2.24) is 9.88 Å². The third-order valence-electron chi connectivity index (χ3n) is 2.78. The lowest BCUT2D eigenvalue weighted by Crippen LogP contribution is -2.48. The minimum absolute atomic E-state index is 0.491. The third-order valence-corrected chi connectivity index (χ3v) is 3.16. The quantitative estimate of drug-likeness (QED) is 0.785. The molecule has 0 spiro atoms. The van der Waals surface area contributed by atoms with E-state index in [0.29, 0.717) is 5.56 Å². The Balaban J connectivity index is 2.34. The van der Waals surface area contributed by atoms with Crippen LogP contribution in [0.25, 0.3) is 0 Å². The number of hydrogen-bond donors (Lipinski definition) is 0. The molecule has 0 aromatic carbocycles. The standard InChI is InChI=1S/C12H12Cl2N2O3/c1-12(2)16(11(18)9(13)14)10(17)8(19-12)7-4-3-5-15-6-7/h3-6,8-9H,1-2H3. The van der Waals surface area contributed by atoms with Crippen molar-refractivity contribution in [2.45, 2.75) is 30.5 Å². The van der Waals surface area contributed by atoms with E-state index in [1.807, 2.05) is 0 Å². The van der Waals surface area contributed by atoms with Gasteiger partial charge in [-0.1, -0.05) is 29.3 Å². The molecule has 5 nitrogen and oxygen atoms in total. The van der Waals surface area contributed by atoms with E-state index in [2.05, 4.69) is 4.98 Å². The molecule has 2 heterocycles. The van der Waals surface area contributed by atoms with Crippen molar-refractivity contribution in [3.8, 4) is 0 Å². The van der Waals surface area contributed by atoms with Crippen LogP contribution in [-0.2, 0) is 14.3 Å². The topological polar surface area (TPSA) is 59.5 Å². The highest BCUT2D eigenvalue weighted by Gasteiger charge is 2.51. The molecule has 1 unspecified atom stereocenters. The molecule has 7 heteroatoms. The molecule has 1 saturated heterocycles. The summed E-state index contributed by atoms with van der Waals surface area (Å²) in [6, 6.07) is 3.40. The van der Waals surface area contributed by atoms with Crippen molar-refractivity contribution in [2.75, 3.05) is 0 Å². The van der Waals surface area contributed by atoms with Crippen LogP contribution < -0.4 is 0 Å². The third kappa shape index (κ3) is 2.59. The number of aromatic nitrogens is 1. The van der Waals surface area contributed by atoms with Gasteiger partial charge in [-0.2, -0.15) is 0 Å². The van der Waals surface area contributed by atoms with Crippen molar-refractivity contribution < 1.29 is 14.3 Å². The van der Waals surface area contributed by atoms with Gasteiger partial charge in [0.15, 0.2) is 10.9 Å². The number of ether oxygens (including phenoxy) is 1. The molecule has 1 aliphatic rings. The van der Waals surface area contributed by atoms with Crippen molar-refractivity contribution in [3.05, 3.63) is 30.1 Å². The second-order valence-electron chi connectivity index (χ2n) is 4.54. The van der Waals surface area contributed by atoms with Gasteiger partial charge in [0.2, 0.25) is 0 Å². The van der Waals surface area contributed by atoms with Gasteiger partial charge in [-0.05, 0) is 19.9 Å². The normalized spacial score (nSPS) is 22.1. The number of amides is 2. The lowest BCUT2D eigenvalue weighted by atomic mass is 10.1. The van der Waals surface area contributed by atoms with Crippen LogP contribution in [0.15, 0.2) is 24.5 Å². The summed E-state index contributed by atoms with van der Waals surface area (Å²) >= 11 is 11.1. The highest BCUT2D eigenvalue weighted by molar-refractivity contribution is 6.54. The molecule has 102 valence electrons. The lowest BCUT2D eigenvalue weighted by molar-refractivity contribution is -0.150. The van der Waals surface area contributed by atoms with E-state index in [0.717, 1.165) is 4.90 Å². The highest BCUT2D eigenvalue weighted by atomic mass is 35.5. The molecule has 2 rings (SSSR count). The van der Waals surface area contributed by atoms with E-state index in [-0.39, 0.29) is 0 Å². The maximum atomic E-state index is 12.3. The molecule has 1 atom stereocenters. The van der Waals surface area contributed by atoms with Crippen molar-refractivity contribution in [1.29, 1.82) is 0 Å². The average Bonchev–Trinajstić information content (AvgIpc) is 2.60. The summed E-state index contributed by atoms with van der Waals surface area (Å²) in [5, 5.41) is 0. The maximum Gasteiger partial charge on any atom is 0.265 e. The SMILES string of the molecule is CC1(C)OC(c2cccnc2)C(=O)N1C(=O)C(Cl)Cl. The number of nitrogens with zero attached hydrogens (tertiary/aromatic N) is 2. The van der Waals surface area contributed by atoms with Crippen LogP contribution in [0.4, 0.5) is 0 Å². The van der Waals surface area contributed by atoms with E-state index < -0.39 is 28.5 Å². The fraction of sp³-hybridized carbons (Fsp3) is 0.417. The molecule has 0 aliphatic carbocycles. The summed E-state index contributed by atoms with van der Waals surface area (Å²) in [6.45, 7) is 3.21. The summed E-state index contributed by atoms with van der Waals surface area (Å²) in [5.41, 5.74) is -0.520. The Morgan fingerprint density at radius 3 is 2.74 bits per heavy atom. The molecule has 1 aromatic rings. The second-order valence-corrected chi connectivity index (χ2v) is 5.64. The largest absolute Gasteiger partial charge is 0.338 e. The van der Waals surface area contributed by atoms with E-state index in [1.165, 1.54) is 6.20 Å². The average molecular weight is 303 g/mol. The zero-order valence-electron chi connectivity index (χ0n) is 10.3. The van der Waals surface area contributed by atoms with E-state index in [1.54, 1.807) is 32.2 Å². The number of carbonyl (C=O) groups excluding carboxylic acids is 2. The van der Waals surface area contributed by atoms with Crippen LogP contribution in [0.3, 0.4) is 0 Å². The molecule has 0 bridgehead atoms. The molecule has 1 aromatic heterocycles. The van der Waals surface area contributed by atoms with Crippen LogP contribution in [0.2, 0.25) is 0 Å². The van der Waals surface area contributed by atoms with Gasteiger partial charge in [0, 0.05) is 18.0 Å². The Kier molecular flexibility index (Phi) is 3.80. The molecule has 0 saturated carbocycles. The van der Waals surface area contributed by atoms with Gasteiger partial charge < -0.3 is 4.74 Å². The van der Waals surface area contributed by atoms with Crippen molar-refractivity contribution in [3.63, 3.8) is 0 Å². The smallest absolute Gasteiger partial charge is 0.265 e. The number of carbonyl (C=O) groups is 2. The van der Waals surface area contributed by atoms with Crippen LogP contribution in [0.5, 0.6) is 0 Å². The first kappa shape index (κ1) is 14.2. The summed E-state index contributed by atoms with van der Waals surface area (Å²) in [5.74, 6) is -1.18. The molecule has 1 fully saturated rings. The number of hydrogen-bond acceptors (Lipinski definition) is 4. The Morgan fingerprint density at radius 2 is 2.21 bits per heavy atom. The first-order valence-electron chi connectivity index (χ1n) is 5.58. The van der Waals surface area contributed by atoms with Crippen LogP contribution in [0.1, 0.15) is 25.5 Å². The fourth-order valence-electron chi connectivity index (χ4n) is 1.99. The lowest BCUT2D eigenvalue weighted by Gasteiger charge is -2.28. The Labute approximate surface area is 120 Å². The molecule has 0 radical (unpaired) electrons. The highest BCUT2D eigenvalue weighted by Crippen LogP contribution is 2.37. The number of halogens is 2. The Bertz CT molecular complexity index is 505. The van der Waals surface area contributed by atoms with Crippen LogP contribution in [-0.4, -0.2) is 32.3 Å². The summed E-state index contributed by atoms with van der Waals surface area (Å²) in [4.78, 5) is 27.8. The second kappa shape index (κ2) is 5.07. The predicted molar refractivity (Wildman–Crippen MR) is 69.5 cm³/mol. The minimum Gasteiger partial charge on any atom is -0.338 e. The molecule has 0 N–H and O–H groups in total. The zero-order valence-corrected chi connectivity index (χ0v) is 11.9. The number of pyridine rings is 1. The van der Waals surface area contributed by atoms with Crippen molar-refractivity contribution in [2.24, 2.45) is 0 Å². The van der Waals surface area contributed by atoms with E-state index >= 15 is 0 Å². The molecule has 1 aliphatic heterocycles. The van der Waals surface area contributed by atoms with Gasteiger partial charge in [-0.25, -0.2) is 4.90 Å². The van der Waals surface area contributed by atoms with Gasteiger partial charge in [0.1, 0.15) is 5.72 Å². The van der Waals surface area contributed by atoms with Gasteiger partial charge in [-0.3, -0.25) is 14.6 Å². The predicted octanol–water partition coefficient (Wildman–Crippen LogP) is 2.05. The van der Waals surface area contributed by atoms with Crippen LogP contribution in [0, 0.1) is 0 Å². The number of rotatable bonds is 2. The molecular weight excluding hydrogens is 291 g/mol. The minimum atomic E-state index is -1.31. The summed E-state index contributed by atoms with van der Waals surface area (Å²) in [6.07, 6.45) is 2.23. The van der Waals surface area contributed by atoms with Crippen molar-refractivity contribution >= 4 is 35.0 Å². The first-order chi connectivity index (χ1) is 8.84. The number of alkyl halides is 2.